The molecule has 4 heterocycles. The number of aromatic nitrogens is 2. The SMILES string of the molecule is CS(=O)(=O)NCc1cc2n(n1)CCN(Cc1ccc([C@H]3CCCCO3)o1)C2. The molecule has 9 heteroatoms. The first kappa shape index (κ1) is 18.7. The molecule has 2 aromatic rings. The molecule has 1 fully saturated rings. The minimum absolute atomic E-state index is 0.0974. The van der Waals surface area contributed by atoms with Crippen LogP contribution in [0.25, 0.3) is 0 Å². The van der Waals surface area contributed by atoms with Crippen molar-refractivity contribution in [3.05, 3.63) is 41.1 Å². The van der Waals surface area contributed by atoms with Gasteiger partial charge in [0.05, 0.1) is 37.3 Å². The van der Waals surface area contributed by atoms with Crippen LogP contribution in [0.5, 0.6) is 0 Å². The summed E-state index contributed by atoms with van der Waals surface area (Å²) < 4.78 is 38.8. The topological polar surface area (TPSA) is 89.6 Å². The van der Waals surface area contributed by atoms with Crippen LogP contribution in [0, 0.1) is 0 Å². The van der Waals surface area contributed by atoms with Crippen LogP contribution in [-0.4, -0.2) is 42.5 Å². The Morgan fingerprint density at radius 2 is 2.19 bits per heavy atom. The van der Waals surface area contributed by atoms with E-state index in [-0.39, 0.29) is 12.6 Å². The summed E-state index contributed by atoms with van der Waals surface area (Å²) in [6.07, 6.45) is 4.60. The van der Waals surface area contributed by atoms with Gasteiger partial charge in [-0.15, -0.1) is 0 Å². The van der Waals surface area contributed by atoms with Gasteiger partial charge in [-0.05, 0) is 37.5 Å². The number of hydrogen-bond acceptors (Lipinski definition) is 6. The minimum atomic E-state index is -3.21. The maximum absolute atomic E-state index is 11.2. The Bertz CT molecular complexity index is 883. The normalized spacial score (nSPS) is 21.3. The van der Waals surface area contributed by atoms with Crippen LogP contribution in [0.1, 0.15) is 48.3 Å². The van der Waals surface area contributed by atoms with Gasteiger partial charge in [-0.2, -0.15) is 5.10 Å². The van der Waals surface area contributed by atoms with Gasteiger partial charge in [-0.1, -0.05) is 0 Å². The molecule has 4 rings (SSSR count). The predicted molar refractivity (Wildman–Crippen MR) is 99.3 cm³/mol. The van der Waals surface area contributed by atoms with Gasteiger partial charge in [0.15, 0.2) is 0 Å². The molecule has 8 nitrogen and oxygen atoms in total. The van der Waals surface area contributed by atoms with Gasteiger partial charge in [0.25, 0.3) is 0 Å². The van der Waals surface area contributed by atoms with Crippen molar-refractivity contribution in [2.24, 2.45) is 0 Å². The van der Waals surface area contributed by atoms with Crippen LogP contribution in [0.2, 0.25) is 0 Å². The van der Waals surface area contributed by atoms with Crippen LogP contribution >= 0.6 is 0 Å². The van der Waals surface area contributed by atoms with Crippen molar-refractivity contribution >= 4 is 10.0 Å². The molecule has 0 spiro atoms. The number of furan rings is 1. The van der Waals surface area contributed by atoms with E-state index >= 15 is 0 Å². The molecule has 0 radical (unpaired) electrons. The zero-order valence-corrected chi connectivity index (χ0v) is 16.4. The molecule has 2 aliphatic rings. The monoisotopic (exact) mass is 394 g/mol. The first-order valence-electron chi connectivity index (χ1n) is 9.39. The summed E-state index contributed by atoms with van der Waals surface area (Å²) in [4.78, 5) is 2.31. The van der Waals surface area contributed by atoms with Crippen molar-refractivity contribution in [3.8, 4) is 0 Å². The summed E-state index contributed by atoms with van der Waals surface area (Å²) in [5, 5.41) is 4.48. The van der Waals surface area contributed by atoms with Crippen molar-refractivity contribution in [3.63, 3.8) is 0 Å². The molecule has 0 saturated carbocycles. The second-order valence-electron chi connectivity index (χ2n) is 7.31. The van der Waals surface area contributed by atoms with Crippen molar-refractivity contribution in [2.75, 3.05) is 19.4 Å². The molecule has 0 bridgehead atoms. The Hall–Kier alpha value is -1.68. The van der Waals surface area contributed by atoms with Crippen molar-refractivity contribution in [1.29, 1.82) is 0 Å². The third kappa shape index (κ3) is 4.78. The zero-order valence-electron chi connectivity index (χ0n) is 15.6. The summed E-state index contributed by atoms with van der Waals surface area (Å²) in [7, 11) is -3.21. The van der Waals surface area contributed by atoms with Gasteiger partial charge in [0, 0.05) is 19.7 Å². The number of nitrogens with zero attached hydrogens (tertiary/aromatic N) is 3. The highest BCUT2D eigenvalue weighted by Crippen LogP contribution is 2.29. The molecule has 1 N–H and O–H groups in total. The van der Waals surface area contributed by atoms with Gasteiger partial charge < -0.3 is 9.15 Å². The first-order chi connectivity index (χ1) is 13.0. The molecule has 148 valence electrons. The fraction of sp³-hybridized carbons (Fsp3) is 0.611. The number of nitrogens with one attached hydrogen (secondary N) is 1. The Labute approximate surface area is 159 Å². The zero-order chi connectivity index (χ0) is 18.9. The number of sulfonamides is 1. The maximum atomic E-state index is 11.2. The van der Waals surface area contributed by atoms with Crippen LogP contribution in [0.4, 0.5) is 0 Å². The quantitative estimate of drug-likeness (QED) is 0.803. The number of ether oxygens (including phenoxy) is 1. The smallest absolute Gasteiger partial charge is 0.209 e. The molecule has 1 atom stereocenters. The van der Waals surface area contributed by atoms with Gasteiger partial charge in [0.2, 0.25) is 10.0 Å². The summed E-state index contributed by atoms with van der Waals surface area (Å²) in [6.45, 7) is 4.21. The van der Waals surface area contributed by atoms with E-state index < -0.39 is 10.0 Å². The molecular formula is C18H26N4O4S. The highest BCUT2D eigenvalue weighted by molar-refractivity contribution is 7.88. The Balaban J connectivity index is 1.35. The lowest BCUT2D eigenvalue weighted by molar-refractivity contribution is 0.000743. The second-order valence-corrected chi connectivity index (χ2v) is 9.15. The van der Waals surface area contributed by atoms with Crippen LogP contribution < -0.4 is 4.72 Å². The third-order valence-electron chi connectivity index (χ3n) is 5.00. The van der Waals surface area contributed by atoms with E-state index in [1.54, 1.807) is 0 Å². The summed E-state index contributed by atoms with van der Waals surface area (Å²) >= 11 is 0. The molecule has 2 aromatic heterocycles. The van der Waals surface area contributed by atoms with E-state index in [1.165, 1.54) is 6.42 Å². The molecule has 27 heavy (non-hydrogen) atoms. The fourth-order valence-corrected chi connectivity index (χ4v) is 4.05. The Morgan fingerprint density at radius 1 is 1.30 bits per heavy atom. The van der Waals surface area contributed by atoms with Gasteiger partial charge in [0.1, 0.15) is 17.6 Å². The fourth-order valence-electron chi connectivity index (χ4n) is 3.64. The minimum Gasteiger partial charge on any atom is -0.462 e. The standard InChI is InChI=1S/C18H26N4O4S/c1-27(23,24)19-11-14-10-15-12-21(7-8-22(15)20-14)13-16-5-6-18(26-16)17-4-2-3-9-25-17/h5-6,10,17,19H,2-4,7-9,11-13H2,1H3/t17-/m1/s1. The van der Waals surface area contributed by atoms with Gasteiger partial charge >= 0.3 is 0 Å². The highest BCUT2D eigenvalue weighted by atomic mass is 32.2. The number of fused-ring (bicyclic) bond motifs is 1. The van der Waals surface area contributed by atoms with Gasteiger partial charge in [-0.3, -0.25) is 9.58 Å². The predicted octanol–water partition coefficient (Wildman–Crippen LogP) is 1.78. The molecule has 0 amide bonds. The molecule has 0 aromatic carbocycles. The van der Waals surface area contributed by atoms with Gasteiger partial charge in [-0.25, -0.2) is 13.1 Å². The number of rotatable bonds is 6. The van der Waals surface area contributed by atoms with Crippen molar-refractivity contribution < 1.29 is 17.6 Å². The Kier molecular flexibility index (Phi) is 5.36. The van der Waals surface area contributed by atoms with E-state index in [0.29, 0.717) is 0 Å². The van der Waals surface area contributed by atoms with E-state index in [2.05, 4.69) is 14.7 Å². The lowest BCUT2D eigenvalue weighted by atomic mass is 10.1. The molecule has 2 aliphatic heterocycles. The van der Waals surface area contributed by atoms with Crippen LogP contribution in [0.15, 0.2) is 22.6 Å². The van der Waals surface area contributed by atoms with E-state index in [9.17, 15) is 8.42 Å². The Morgan fingerprint density at radius 3 is 2.96 bits per heavy atom. The summed E-state index contributed by atoms with van der Waals surface area (Å²) in [5.41, 5.74) is 1.83. The van der Waals surface area contributed by atoms with Crippen LogP contribution in [0.3, 0.4) is 0 Å². The molecular weight excluding hydrogens is 368 g/mol. The maximum Gasteiger partial charge on any atom is 0.209 e. The van der Waals surface area contributed by atoms with Crippen LogP contribution in [-0.2, 0) is 40.9 Å². The van der Waals surface area contributed by atoms with E-state index in [1.807, 2.05) is 22.9 Å². The highest BCUT2D eigenvalue weighted by Gasteiger charge is 2.22. The summed E-state index contributed by atoms with van der Waals surface area (Å²) in [5.74, 6) is 1.88. The largest absolute Gasteiger partial charge is 0.462 e. The van der Waals surface area contributed by atoms with E-state index in [0.717, 1.165) is 74.8 Å². The van der Waals surface area contributed by atoms with E-state index in [4.69, 9.17) is 9.15 Å². The lowest BCUT2D eigenvalue weighted by Crippen LogP contribution is -2.33. The average Bonchev–Trinajstić information content (AvgIpc) is 3.26. The second kappa shape index (κ2) is 7.75. The third-order valence-corrected chi connectivity index (χ3v) is 5.67. The molecule has 0 aliphatic carbocycles. The van der Waals surface area contributed by atoms with Crippen molar-refractivity contribution in [1.82, 2.24) is 19.4 Å². The first-order valence-corrected chi connectivity index (χ1v) is 11.3. The lowest BCUT2D eigenvalue weighted by Gasteiger charge is -2.26. The van der Waals surface area contributed by atoms with Crippen molar-refractivity contribution in [2.45, 2.75) is 51.5 Å². The average molecular weight is 394 g/mol. The molecule has 0 unspecified atom stereocenters. The number of hydrogen-bond donors (Lipinski definition) is 1. The summed E-state index contributed by atoms with van der Waals surface area (Å²) in [6, 6.07) is 6.04. The molecule has 1 saturated heterocycles.